The summed E-state index contributed by atoms with van der Waals surface area (Å²) in [5.74, 6) is 0.0564. The fourth-order valence-electron chi connectivity index (χ4n) is 3.63. The van der Waals surface area contributed by atoms with Gasteiger partial charge in [-0.3, -0.25) is 19.4 Å². The van der Waals surface area contributed by atoms with Gasteiger partial charge in [-0.05, 0) is 18.2 Å². The highest BCUT2D eigenvalue weighted by Crippen LogP contribution is 2.32. The molecule has 0 unspecified atom stereocenters. The lowest BCUT2D eigenvalue weighted by Crippen LogP contribution is -2.22. The Kier molecular flexibility index (Phi) is 6.44. The summed E-state index contributed by atoms with van der Waals surface area (Å²) in [5, 5.41) is 13.0. The lowest BCUT2D eigenvalue weighted by Gasteiger charge is -2.14. The number of carbonyl (C=O) groups is 1. The molecule has 3 N–H and O–H groups in total. The van der Waals surface area contributed by atoms with Crippen LogP contribution in [-0.4, -0.2) is 37.4 Å². The maximum atomic E-state index is 14.7. The number of pyridine rings is 1. The Morgan fingerprint density at radius 1 is 1.08 bits per heavy atom. The van der Waals surface area contributed by atoms with Gasteiger partial charge in [-0.15, -0.1) is 0 Å². The average Bonchev–Trinajstić information content (AvgIpc) is 3.18. The van der Waals surface area contributed by atoms with Crippen LogP contribution in [0.3, 0.4) is 0 Å². The number of halogens is 2. The Morgan fingerprint density at radius 3 is 2.44 bits per heavy atom. The van der Waals surface area contributed by atoms with Gasteiger partial charge in [0, 0.05) is 55.3 Å². The Hall–Kier alpha value is -3.99. The normalized spacial score (nSPS) is 11.6. The van der Waals surface area contributed by atoms with Crippen molar-refractivity contribution in [3.05, 3.63) is 57.3 Å². The molecule has 10 nitrogen and oxygen atoms in total. The maximum Gasteiger partial charge on any atom is 0.324 e. The van der Waals surface area contributed by atoms with Crippen LogP contribution >= 0.6 is 11.6 Å². The number of benzene rings is 1. The number of rotatable bonds is 4. The Morgan fingerprint density at radius 2 is 1.81 bits per heavy atom. The van der Waals surface area contributed by atoms with Crippen molar-refractivity contribution in [1.82, 2.24) is 24.3 Å². The predicted octanol–water partition coefficient (Wildman–Crippen LogP) is 4.50. The molecule has 4 rings (SSSR count). The summed E-state index contributed by atoms with van der Waals surface area (Å²) in [4.78, 5) is 34.3. The highest BCUT2D eigenvalue weighted by atomic mass is 35.5. The van der Waals surface area contributed by atoms with E-state index >= 15 is 0 Å². The molecular weight excluding hydrogens is 487 g/mol. The van der Waals surface area contributed by atoms with Crippen molar-refractivity contribution in [2.75, 3.05) is 23.0 Å². The van der Waals surface area contributed by atoms with E-state index in [0.29, 0.717) is 22.8 Å². The first-order valence-electron chi connectivity index (χ1n) is 11.1. The van der Waals surface area contributed by atoms with Gasteiger partial charge in [0.2, 0.25) is 5.95 Å². The zero-order chi connectivity index (χ0) is 26.4. The molecular formula is C24H26ClFN8O2. The minimum absolute atomic E-state index is 0.0177. The second-order valence-electron chi connectivity index (χ2n) is 9.32. The Labute approximate surface area is 211 Å². The van der Waals surface area contributed by atoms with E-state index in [2.05, 4.69) is 31.0 Å². The van der Waals surface area contributed by atoms with Crippen molar-refractivity contribution in [1.29, 1.82) is 0 Å². The molecule has 0 aliphatic rings. The Balaban J connectivity index is 1.69. The molecule has 3 heterocycles. The summed E-state index contributed by atoms with van der Waals surface area (Å²) in [5.41, 5.74) is 0.926. The van der Waals surface area contributed by atoms with Gasteiger partial charge in [0.1, 0.15) is 17.3 Å². The highest BCUT2D eigenvalue weighted by molar-refractivity contribution is 6.33. The zero-order valence-electron chi connectivity index (χ0n) is 20.7. The van der Waals surface area contributed by atoms with Crippen LogP contribution < -0.4 is 21.5 Å². The standard InChI is InChI=1S/C24H26ClFN8O2/c1-24(2,3)18-10-19(34(6)32-18)30-23(36)29-17-8-13(15(25)9-16(17)26)14-7-12-11-28-22(27-4)31-20(12)33(5)21(14)35/h7-11H,1-6H3,(H,27,28,31)(H2,29,30,36). The molecule has 4 aromatic rings. The van der Waals surface area contributed by atoms with Crippen LogP contribution in [0, 0.1) is 5.82 Å². The van der Waals surface area contributed by atoms with Crippen LogP contribution in [0.25, 0.3) is 22.2 Å². The van der Waals surface area contributed by atoms with Gasteiger partial charge < -0.3 is 10.6 Å². The fraction of sp³-hybridized carbons (Fsp3) is 0.292. The fourth-order valence-corrected chi connectivity index (χ4v) is 3.88. The van der Waals surface area contributed by atoms with Crippen molar-refractivity contribution in [2.24, 2.45) is 14.1 Å². The molecule has 12 heteroatoms. The predicted molar refractivity (Wildman–Crippen MR) is 139 cm³/mol. The first-order valence-corrected chi connectivity index (χ1v) is 11.4. The number of carbonyl (C=O) groups excluding carboxylic acids is 1. The van der Waals surface area contributed by atoms with Gasteiger partial charge in [-0.2, -0.15) is 10.1 Å². The van der Waals surface area contributed by atoms with Gasteiger partial charge in [0.05, 0.1) is 16.4 Å². The topological polar surface area (TPSA) is 119 Å². The SMILES string of the molecule is CNc1ncc2cc(-c3cc(NC(=O)Nc4cc(C(C)(C)C)nn4C)c(F)cc3Cl)c(=O)n(C)c2n1. The van der Waals surface area contributed by atoms with Gasteiger partial charge >= 0.3 is 6.03 Å². The molecule has 3 aromatic heterocycles. The second-order valence-corrected chi connectivity index (χ2v) is 9.73. The van der Waals surface area contributed by atoms with E-state index in [0.717, 1.165) is 11.8 Å². The van der Waals surface area contributed by atoms with Crippen molar-refractivity contribution in [3.63, 3.8) is 0 Å². The van der Waals surface area contributed by atoms with Crippen LogP contribution in [0.4, 0.5) is 26.6 Å². The molecule has 188 valence electrons. The third-order valence-corrected chi connectivity index (χ3v) is 5.97. The summed E-state index contributed by atoms with van der Waals surface area (Å²) >= 11 is 6.32. The number of hydrogen-bond donors (Lipinski definition) is 3. The minimum atomic E-state index is -0.751. The van der Waals surface area contributed by atoms with Gasteiger partial charge in [-0.25, -0.2) is 14.2 Å². The third-order valence-electron chi connectivity index (χ3n) is 5.66. The molecule has 0 fully saturated rings. The van der Waals surface area contributed by atoms with Crippen molar-refractivity contribution in [2.45, 2.75) is 26.2 Å². The van der Waals surface area contributed by atoms with Crippen molar-refractivity contribution < 1.29 is 9.18 Å². The van der Waals surface area contributed by atoms with E-state index in [1.807, 2.05) is 20.8 Å². The molecule has 1 aromatic carbocycles. The van der Waals surface area contributed by atoms with Gasteiger partial charge in [0.15, 0.2) is 0 Å². The number of aromatic nitrogens is 5. The molecule has 0 radical (unpaired) electrons. The second kappa shape index (κ2) is 9.23. The van der Waals surface area contributed by atoms with E-state index in [1.165, 1.54) is 15.3 Å². The number of urea groups is 1. The first-order chi connectivity index (χ1) is 16.9. The molecule has 0 saturated heterocycles. The highest BCUT2D eigenvalue weighted by Gasteiger charge is 2.21. The summed E-state index contributed by atoms with van der Waals surface area (Å²) in [6, 6.07) is 5.04. The smallest absolute Gasteiger partial charge is 0.324 e. The molecule has 0 aliphatic carbocycles. The van der Waals surface area contributed by atoms with E-state index < -0.39 is 17.4 Å². The lowest BCUT2D eigenvalue weighted by atomic mass is 9.92. The molecule has 0 bridgehead atoms. The lowest BCUT2D eigenvalue weighted by molar-refractivity contribution is 0.262. The summed E-state index contributed by atoms with van der Waals surface area (Å²) in [6.45, 7) is 6.02. The van der Waals surface area contributed by atoms with Crippen LogP contribution in [-0.2, 0) is 19.5 Å². The molecule has 0 spiro atoms. The monoisotopic (exact) mass is 512 g/mol. The first kappa shape index (κ1) is 25.1. The van der Waals surface area contributed by atoms with E-state index in [4.69, 9.17) is 11.6 Å². The third kappa shape index (κ3) is 4.74. The number of nitrogens with zero attached hydrogens (tertiary/aromatic N) is 5. The number of hydrogen-bond acceptors (Lipinski definition) is 6. The van der Waals surface area contributed by atoms with Crippen LogP contribution in [0.15, 0.2) is 35.3 Å². The Bertz CT molecular complexity index is 1550. The quantitative estimate of drug-likeness (QED) is 0.370. The van der Waals surface area contributed by atoms with E-state index in [-0.39, 0.29) is 27.3 Å². The van der Waals surface area contributed by atoms with E-state index in [9.17, 15) is 14.0 Å². The molecule has 36 heavy (non-hydrogen) atoms. The molecule has 0 atom stereocenters. The van der Waals surface area contributed by atoms with Crippen LogP contribution in [0.2, 0.25) is 5.02 Å². The maximum absolute atomic E-state index is 14.7. The summed E-state index contributed by atoms with van der Waals surface area (Å²) in [7, 11) is 4.95. The van der Waals surface area contributed by atoms with Gasteiger partial charge in [-0.1, -0.05) is 32.4 Å². The van der Waals surface area contributed by atoms with Crippen molar-refractivity contribution >= 4 is 46.1 Å². The zero-order valence-corrected chi connectivity index (χ0v) is 21.5. The van der Waals surface area contributed by atoms with Crippen LogP contribution in [0.1, 0.15) is 26.5 Å². The number of aryl methyl sites for hydroxylation is 2. The van der Waals surface area contributed by atoms with Gasteiger partial charge in [0.25, 0.3) is 5.56 Å². The van der Waals surface area contributed by atoms with E-state index in [1.54, 1.807) is 39.5 Å². The summed E-state index contributed by atoms with van der Waals surface area (Å²) in [6.07, 6.45) is 1.57. The molecule has 0 saturated carbocycles. The minimum Gasteiger partial charge on any atom is -0.357 e. The molecule has 0 aliphatic heterocycles. The van der Waals surface area contributed by atoms with Crippen molar-refractivity contribution in [3.8, 4) is 11.1 Å². The average molecular weight is 513 g/mol. The largest absolute Gasteiger partial charge is 0.357 e. The van der Waals surface area contributed by atoms with Crippen LogP contribution in [0.5, 0.6) is 0 Å². The number of amides is 2. The summed E-state index contributed by atoms with van der Waals surface area (Å²) < 4.78 is 17.6. The number of fused-ring (bicyclic) bond motifs is 1. The number of nitrogens with one attached hydrogen (secondary N) is 3. The molecule has 2 amide bonds. The number of anilines is 3.